The van der Waals surface area contributed by atoms with Crippen LogP contribution in [-0.4, -0.2) is 17.3 Å². The van der Waals surface area contributed by atoms with Gasteiger partial charge in [0.2, 0.25) is 11.8 Å². The van der Waals surface area contributed by atoms with Crippen LogP contribution in [0.5, 0.6) is 0 Å². The molecule has 0 bridgehead atoms. The summed E-state index contributed by atoms with van der Waals surface area (Å²) in [6.45, 7) is 2.90. The number of hydrogen-bond donors (Lipinski definition) is 1. The Morgan fingerprint density at radius 2 is 2.24 bits per heavy atom. The number of hydrogen-bond acceptors (Lipinski definition) is 5. The minimum absolute atomic E-state index is 0.525. The summed E-state index contributed by atoms with van der Waals surface area (Å²) in [6.07, 6.45) is 0. The van der Waals surface area contributed by atoms with Crippen molar-refractivity contribution in [1.82, 2.24) is 10.2 Å². The Balaban J connectivity index is 1.96. The van der Waals surface area contributed by atoms with Crippen molar-refractivity contribution < 1.29 is 9.15 Å². The molecule has 0 aliphatic heterocycles. The minimum atomic E-state index is 0.525. The molecule has 0 atom stereocenters. The fourth-order valence-corrected chi connectivity index (χ4v) is 1.52. The van der Waals surface area contributed by atoms with E-state index in [1.807, 2.05) is 24.3 Å². The molecule has 1 heterocycles. The lowest BCUT2D eigenvalue weighted by atomic mass is 10.2. The van der Waals surface area contributed by atoms with Gasteiger partial charge in [-0.1, -0.05) is 12.1 Å². The average molecular weight is 233 g/mol. The summed E-state index contributed by atoms with van der Waals surface area (Å²) in [5.41, 5.74) is 2.13. The predicted octanol–water partition coefficient (Wildman–Crippen LogP) is 2.14. The van der Waals surface area contributed by atoms with E-state index in [4.69, 9.17) is 9.15 Å². The highest BCUT2D eigenvalue weighted by Crippen LogP contribution is 2.12. The van der Waals surface area contributed by atoms with Crippen LogP contribution in [-0.2, 0) is 17.9 Å². The van der Waals surface area contributed by atoms with E-state index in [-0.39, 0.29) is 0 Å². The summed E-state index contributed by atoms with van der Waals surface area (Å²) in [5, 5.41) is 10.9. The molecule has 0 aliphatic rings. The van der Waals surface area contributed by atoms with Crippen molar-refractivity contribution in [3.63, 3.8) is 0 Å². The van der Waals surface area contributed by atoms with E-state index < -0.39 is 0 Å². The van der Waals surface area contributed by atoms with Gasteiger partial charge in [-0.25, -0.2) is 0 Å². The smallest absolute Gasteiger partial charge is 0.235 e. The van der Waals surface area contributed by atoms with E-state index in [2.05, 4.69) is 15.5 Å². The summed E-state index contributed by atoms with van der Waals surface area (Å²) in [7, 11) is 1.68. The van der Waals surface area contributed by atoms with E-state index in [0.717, 1.165) is 11.3 Å². The van der Waals surface area contributed by atoms with E-state index in [9.17, 15) is 0 Å². The van der Waals surface area contributed by atoms with Gasteiger partial charge in [0.15, 0.2) is 0 Å². The Hall–Kier alpha value is -1.88. The molecule has 2 aromatic rings. The van der Waals surface area contributed by atoms with Crippen molar-refractivity contribution >= 4 is 5.69 Å². The molecule has 0 fully saturated rings. The molecule has 0 amide bonds. The normalized spacial score (nSPS) is 10.5. The minimum Gasteiger partial charge on any atom is -0.424 e. The molecule has 2 rings (SSSR count). The van der Waals surface area contributed by atoms with Crippen molar-refractivity contribution in [3.05, 3.63) is 41.6 Å². The quantitative estimate of drug-likeness (QED) is 0.857. The Labute approximate surface area is 99.8 Å². The number of methoxy groups -OCH3 is 1. The Kier molecular flexibility index (Phi) is 3.72. The lowest BCUT2D eigenvalue weighted by Crippen LogP contribution is -2.00. The van der Waals surface area contributed by atoms with Crippen LogP contribution in [0.1, 0.15) is 17.3 Å². The Morgan fingerprint density at radius 1 is 1.35 bits per heavy atom. The van der Waals surface area contributed by atoms with E-state index >= 15 is 0 Å². The molecule has 1 N–H and O–H groups in total. The van der Waals surface area contributed by atoms with Gasteiger partial charge in [-0.3, -0.25) is 0 Å². The standard InChI is InChI=1S/C12H15N3O2/c1-9-14-15-12(17-9)7-13-11-5-3-4-10(6-11)8-16-2/h3-6,13H,7-8H2,1-2H3. The summed E-state index contributed by atoms with van der Waals surface area (Å²) in [5.74, 6) is 1.16. The molecule has 0 saturated carbocycles. The molecule has 5 heteroatoms. The van der Waals surface area contributed by atoms with E-state index in [0.29, 0.717) is 24.9 Å². The molecule has 0 radical (unpaired) electrons. The van der Waals surface area contributed by atoms with Crippen LogP contribution in [0.15, 0.2) is 28.7 Å². The number of nitrogens with zero attached hydrogens (tertiary/aromatic N) is 2. The first kappa shape index (κ1) is 11.6. The molecule has 1 aromatic carbocycles. The number of anilines is 1. The first-order chi connectivity index (χ1) is 8.28. The Morgan fingerprint density at radius 3 is 2.94 bits per heavy atom. The second-order valence-electron chi connectivity index (χ2n) is 3.70. The van der Waals surface area contributed by atoms with Crippen LogP contribution in [0.4, 0.5) is 5.69 Å². The number of aromatic nitrogens is 2. The number of rotatable bonds is 5. The van der Waals surface area contributed by atoms with E-state index in [1.54, 1.807) is 14.0 Å². The second-order valence-corrected chi connectivity index (χ2v) is 3.70. The monoisotopic (exact) mass is 233 g/mol. The van der Waals surface area contributed by atoms with Crippen molar-refractivity contribution in [2.75, 3.05) is 12.4 Å². The fourth-order valence-electron chi connectivity index (χ4n) is 1.52. The SMILES string of the molecule is COCc1cccc(NCc2nnc(C)o2)c1. The van der Waals surface area contributed by atoms with Gasteiger partial charge in [0.05, 0.1) is 13.2 Å². The summed E-state index contributed by atoms with van der Waals surface area (Å²) < 4.78 is 10.4. The van der Waals surface area contributed by atoms with Crippen LogP contribution < -0.4 is 5.32 Å². The van der Waals surface area contributed by atoms with Crippen LogP contribution in [0.25, 0.3) is 0 Å². The Bertz CT molecular complexity index is 482. The maximum Gasteiger partial charge on any atom is 0.235 e. The largest absolute Gasteiger partial charge is 0.424 e. The van der Waals surface area contributed by atoms with Crippen LogP contribution in [0, 0.1) is 6.92 Å². The molecule has 5 nitrogen and oxygen atoms in total. The van der Waals surface area contributed by atoms with Gasteiger partial charge < -0.3 is 14.5 Å². The van der Waals surface area contributed by atoms with Crippen LogP contribution >= 0.6 is 0 Å². The van der Waals surface area contributed by atoms with Gasteiger partial charge in [-0.05, 0) is 17.7 Å². The fraction of sp³-hybridized carbons (Fsp3) is 0.333. The van der Waals surface area contributed by atoms with Gasteiger partial charge in [0, 0.05) is 19.7 Å². The highest BCUT2D eigenvalue weighted by molar-refractivity contribution is 5.45. The topological polar surface area (TPSA) is 60.2 Å². The molecular weight excluding hydrogens is 218 g/mol. The highest BCUT2D eigenvalue weighted by atomic mass is 16.5. The van der Waals surface area contributed by atoms with Gasteiger partial charge in [-0.2, -0.15) is 0 Å². The highest BCUT2D eigenvalue weighted by Gasteiger charge is 2.02. The number of benzene rings is 1. The zero-order chi connectivity index (χ0) is 12.1. The van der Waals surface area contributed by atoms with Gasteiger partial charge in [0.1, 0.15) is 0 Å². The zero-order valence-corrected chi connectivity index (χ0v) is 9.93. The van der Waals surface area contributed by atoms with Crippen LogP contribution in [0.2, 0.25) is 0 Å². The first-order valence-electron chi connectivity index (χ1n) is 5.38. The van der Waals surface area contributed by atoms with Crippen LogP contribution in [0.3, 0.4) is 0 Å². The third-order valence-corrected chi connectivity index (χ3v) is 2.25. The molecule has 0 saturated heterocycles. The lowest BCUT2D eigenvalue weighted by molar-refractivity contribution is 0.185. The van der Waals surface area contributed by atoms with Crippen molar-refractivity contribution in [2.45, 2.75) is 20.1 Å². The average Bonchev–Trinajstić information content (AvgIpc) is 2.74. The molecule has 90 valence electrons. The third kappa shape index (κ3) is 3.29. The lowest BCUT2D eigenvalue weighted by Gasteiger charge is -2.05. The molecule has 0 aliphatic carbocycles. The van der Waals surface area contributed by atoms with Crippen molar-refractivity contribution in [3.8, 4) is 0 Å². The van der Waals surface area contributed by atoms with Gasteiger partial charge in [0.25, 0.3) is 0 Å². The summed E-state index contributed by atoms with van der Waals surface area (Å²) in [4.78, 5) is 0. The summed E-state index contributed by atoms with van der Waals surface area (Å²) >= 11 is 0. The van der Waals surface area contributed by atoms with E-state index in [1.165, 1.54) is 0 Å². The van der Waals surface area contributed by atoms with Gasteiger partial charge >= 0.3 is 0 Å². The number of nitrogens with one attached hydrogen (secondary N) is 1. The maximum absolute atomic E-state index is 5.27. The molecular formula is C12H15N3O2. The summed E-state index contributed by atoms with van der Waals surface area (Å²) in [6, 6.07) is 8.02. The third-order valence-electron chi connectivity index (χ3n) is 2.25. The molecule has 17 heavy (non-hydrogen) atoms. The second kappa shape index (κ2) is 5.45. The maximum atomic E-state index is 5.27. The van der Waals surface area contributed by atoms with Crippen molar-refractivity contribution in [2.24, 2.45) is 0 Å². The van der Waals surface area contributed by atoms with Crippen molar-refractivity contribution in [1.29, 1.82) is 0 Å². The molecule has 0 spiro atoms. The molecule has 0 unspecified atom stereocenters. The zero-order valence-electron chi connectivity index (χ0n) is 9.93. The number of ether oxygens (including phenoxy) is 1. The number of aryl methyl sites for hydroxylation is 1. The molecule has 1 aromatic heterocycles. The first-order valence-corrected chi connectivity index (χ1v) is 5.38. The van der Waals surface area contributed by atoms with Gasteiger partial charge in [-0.15, -0.1) is 10.2 Å². The predicted molar refractivity (Wildman–Crippen MR) is 63.5 cm³/mol.